The van der Waals surface area contributed by atoms with Crippen molar-refractivity contribution in [1.29, 1.82) is 0 Å². The van der Waals surface area contributed by atoms with E-state index in [1.54, 1.807) is 14.2 Å². The molecule has 0 bridgehead atoms. The van der Waals surface area contributed by atoms with Crippen molar-refractivity contribution >= 4 is 8.56 Å². The van der Waals surface area contributed by atoms with Crippen molar-refractivity contribution in [2.45, 2.75) is 19.0 Å². The standard InChI is InChI=1S/C6H15FO2Si.C2HF3/c1-8-10(3,9-2)6-4-5-7;3-1-2(4)5/h4-6H2,1-3H3;1H. The van der Waals surface area contributed by atoms with Gasteiger partial charge in [-0.3, -0.25) is 4.39 Å². The molecule has 0 atom stereocenters. The van der Waals surface area contributed by atoms with Crippen LogP contribution in [0.1, 0.15) is 6.42 Å². The molecular formula is C8H16F4O2Si. The normalized spacial score (nSPS) is 10.3. The average molecular weight is 248 g/mol. The van der Waals surface area contributed by atoms with Crippen molar-refractivity contribution in [3.05, 3.63) is 12.4 Å². The van der Waals surface area contributed by atoms with Crippen molar-refractivity contribution < 1.29 is 26.4 Å². The van der Waals surface area contributed by atoms with Gasteiger partial charge in [0.05, 0.1) is 6.67 Å². The summed E-state index contributed by atoms with van der Waals surface area (Å²) in [5, 5.41) is 0. The van der Waals surface area contributed by atoms with Gasteiger partial charge >= 0.3 is 8.56 Å². The van der Waals surface area contributed by atoms with Crippen LogP contribution in [0.15, 0.2) is 12.4 Å². The van der Waals surface area contributed by atoms with Crippen LogP contribution in [0.2, 0.25) is 12.6 Å². The molecule has 0 aromatic carbocycles. The molecule has 0 radical (unpaired) electrons. The Kier molecular flexibility index (Phi) is 11.5. The van der Waals surface area contributed by atoms with Gasteiger partial charge in [-0.2, -0.15) is 8.78 Å². The summed E-state index contributed by atoms with van der Waals surface area (Å²) < 4.78 is 52.7. The Morgan fingerprint density at radius 1 is 1.27 bits per heavy atom. The fourth-order valence-electron chi connectivity index (χ4n) is 0.675. The van der Waals surface area contributed by atoms with Crippen LogP contribution in [0.3, 0.4) is 0 Å². The molecule has 92 valence electrons. The summed E-state index contributed by atoms with van der Waals surface area (Å²) in [4.78, 5) is 0. The summed E-state index contributed by atoms with van der Waals surface area (Å²) in [6, 6.07) is 0.733. The first-order valence-corrected chi connectivity index (χ1v) is 6.75. The minimum Gasteiger partial charge on any atom is -0.398 e. The molecular weight excluding hydrogens is 232 g/mol. The SMILES string of the molecule is CO[Si](C)(CCCF)OC.FC=C(F)F. The monoisotopic (exact) mass is 248 g/mol. The number of rotatable bonds is 5. The minimum absolute atomic E-state index is 0.282. The summed E-state index contributed by atoms with van der Waals surface area (Å²) in [5.74, 6) is 0. The number of halogens is 4. The van der Waals surface area contributed by atoms with Crippen LogP contribution in [-0.4, -0.2) is 29.5 Å². The van der Waals surface area contributed by atoms with E-state index in [0.29, 0.717) is 6.42 Å². The highest BCUT2D eigenvalue weighted by Gasteiger charge is 2.27. The topological polar surface area (TPSA) is 18.5 Å². The zero-order valence-corrected chi connectivity index (χ0v) is 10.0. The smallest absolute Gasteiger partial charge is 0.334 e. The lowest BCUT2D eigenvalue weighted by atomic mass is 10.6. The fourth-order valence-corrected chi connectivity index (χ4v) is 2.03. The lowest BCUT2D eigenvalue weighted by Gasteiger charge is -2.21. The largest absolute Gasteiger partial charge is 0.398 e. The van der Waals surface area contributed by atoms with E-state index in [0.717, 1.165) is 6.04 Å². The molecule has 15 heavy (non-hydrogen) atoms. The molecule has 0 aliphatic carbocycles. The predicted molar refractivity (Wildman–Crippen MR) is 52.4 cm³/mol. The predicted octanol–water partition coefficient (Wildman–Crippen LogP) is 3.40. The van der Waals surface area contributed by atoms with Crippen LogP contribution in [0.5, 0.6) is 0 Å². The zero-order chi connectivity index (χ0) is 12.3. The van der Waals surface area contributed by atoms with E-state index in [9.17, 15) is 17.6 Å². The minimum atomic E-state index is -2.29. The highest BCUT2D eigenvalue weighted by Crippen LogP contribution is 2.13. The van der Waals surface area contributed by atoms with Gasteiger partial charge in [-0.1, -0.05) is 0 Å². The van der Waals surface area contributed by atoms with Gasteiger partial charge in [-0.15, -0.1) is 0 Å². The van der Waals surface area contributed by atoms with E-state index in [1.807, 2.05) is 6.55 Å². The summed E-state index contributed by atoms with van der Waals surface area (Å²) >= 11 is 0. The van der Waals surface area contributed by atoms with Crippen LogP contribution < -0.4 is 0 Å². The molecule has 0 fully saturated rings. The van der Waals surface area contributed by atoms with Crippen LogP contribution in [0.4, 0.5) is 17.6 Å². The maximum absolute atomic E-state index is 11.7. The summed E-state index contributed by atoms with van der Waals surface area (Å²) in [5.41, 5.74) is 0. The Balaban J connectivity index is 0. The third kappa shape index (κ3) is 11.5. The van der Waals surface area contributed by atoms with Crippen LogP contribution in [0.25, 0.3) is 0 Å². The number of alkyl halides is 1. The molecule has 0 aromatic rings. The highest BCUT2D eigenvalue weighted by molar-refractivity contribution is 6.65. The van der Waals surface area contributed by atoms with Crippen molar-refractivity contribution in [3.8, 4) is 0 Å². The molecule has 0 N–H and O–H groups in total. The van der Waals surface area contributed by atoms with Gasteiger partial charge in [0, 0.05) is 14.2 Å². The van der Waals surface area contributed by atoms with E-state index in [2.05, 4.69) is 0 Å². The maximum Gasteiger partial charge on any atom is 0.334 e. The molecule has 0 unspecified atom stereocenters. The average Bonchev–Trinajstić information content (AvgIpc) is 2.26. The quantitative estimate of drug-likeness (QED) is 0.548. The van der Waals surface area contributed by atoms with Gasteiger partial charge in [0.2, 0.25) is 0 Å². The Labute approximate surface area is 88.1 Å². The Bertz CT molecular complexity index is 170. The molecule has 0 rings (SSSR count). The van der Waals surface area contributed by atoms with Crippen LogP contribution in [-0.2, 0) is 8.85 Å². The lowest BCUT2D eigenvalue weighted by molar-refractivity contribution is 0.247. The molecule has 2 nitrogen and oxygen atoms in total. The van der Waals surface area contributed by atoms with Gasteiger partial charge in [0.25, 0.3) is 6.08 Å². The molecule has 0 spiro atoms. The zero-order valence-electron chi connectivity index (χ0n) is 9.03. The second kappa shape index (κ2) is 10.1. The Morgan fingerprint density at radius 3 is 1.87 bits per heavy atom. The molecule has 0 saturated carbocycles. The molecule has 0 amide bonds. The maximum atomic E-state index is 11.7. The van der Waals surface area contributed by atoms with Crippen LogP contribution in [0, 0.1) is 0 Å². The van der Waals surface area contributed by atoms with Gasteiger partial charge < -0.3 is 8.85 Å². The summed E-state index contributed by atoms with van der Waals surface area (Å²) in [7, 11) is 1.28. The van der Waals surface area contributed by atoms with Crippen molar-refractivity contribution in [2.24, 2.45) is 0 Å². The first-order valence-electron chi connectivity index (χ1n) is 4.23. The second-order valence-electron chi connectivity index (χ2n) is 2.73. The van der Waals surface area contributed by atoms with Crippen LogP contribution >= 0.6 is 0 Å². The molecule has 0 saturated heterocycles. The Hall–Kier alpha value is -0.403. The van der Waals surface area contributed by atoms with E-state index >= 15 is 0 Å². The first-order chi connectivity index (χ1) is 6.95. The molecule has 0 aliphatic rings. The lowest BCUT2D eigenvalue weighted by Crippen LogP contribution is -2.35. The summed E-state index contributed by atoms with van der Waals surface area (Å²) in [6.07, 6.45) is -2.49. The second-order valence-corrected chi connectivity index (χ2v) is 6.32. The molecule has 0 aliphatic heterocycles. The first kappa shape index (κ1) is 17.0. The van der Waals surface area contributed by atoms with Gasteiger partial charge in [0.1, 0.15) is 0 Å². The molecule has 7 heteroatoms. The third-order valence-electron chi connectivity index (χ3n) is 1.71. The molecule has 0 heterocycles. The van der Waals surface area contributed by atoms with Gasteiger partial charge in [-0.25, -0.2) is 4.39 Å². The molecule has 0 aromatic heterocycles. The highest BCUT2D eigenvalue weighted by atomic mass is 28.4. The van der Waals surface area contributed by atoms with Crippen molar-refractivity contribution in [2.75, 3.05) is 20.9 Å². The third-order valence-corrected chi connectivity index (χ3v) is 4.70. The van der Waals surface area contributed by atoms with Gasteiger partial charge in [-0.05, 0) is 19.0 Å². The number of hydrogen-bond donors (Lipinski definition) is 0. The van der Waals surface area contributed by atoms with Crippen molar-refractivity contribution in [1.82, 2.24) is 0 Å². The van der Waals surface area contributed by atoms with E-state index in [1.165, 1.54) is 0 Å². The van der Waals surface area contributed by atoms with E-state index in [-0.39, 0.29) is 6.67 Å². The number of hydrogen-bond acceptors (Lipinski definition) is 2. The van der Waals surface area contributed by atoms with Crippen molar-refractivity contribution in [3.63, 3.8) is 0 Å². The summed E-state index contributed by atoms with van der Waals surface area (Å²) in [6.45, 7) is 1.65. The van der Waals surface area contributed by atoms with E-state index < -0.39 is 21.0 Å². The van der Waals surface area contributed by atoms with Gasteiger partial charge in [0.15, 0.2) is 6.33 Å². The van der Waals surface area contributed by atoms with E-state index in [4.69, 9.17) is 8.85 Å². The fraction of sp³-hybridized carbons (Fsp3) is 0.750. The Morgan fingerprint density at radius 2 is 1.67 bits per heavy atom.